The minimum absolute atomic E-state index is 0.0867. The van der Waals surface area contributed by atoms with Crippen molar-refractivity contribution in [3.63, 3.8) is 0 Å². The number of hydrogen-bond acceptors (Lipinski definition) is 3. The van der Waals surface area contributed by atoms with Crippen molar-refractivity contribution < 1.29 is 4.79 Å². The Morgan fingerprint density at radius 3 is 2.41 bits per heavy atom. The van der Waals surface area contributed by atoms with Crippen LogP contribution in [0.3, 0.4) is 0 Å². The summed E-state index contributed by atoms with van der Waals surface area (Å²) in [4.78, 5) is 20.8. The zero-order valence-electron chi connectivity index (χ0n) is 12.9. The second kappa shape index (κ2) is 6.60. The van der Waals surface area contributed by atoms with Gasteiger partial charge in [0.1, 0.15) is 5.69 Å². The van der Waals surface area contributed by atoms with Crippen molar-refractivity contribution in [1.29, 1.82) is 0 Å². The first-order valence-electron chi connectivity index (χ1n) is 7.80. The van der Waals surface area contributed by atoms with Crippen LogP contribution in [0.25, 0.3) is 0 Å². The van der Waals surface area contributed by atoms with Crippen LogP contribution in [0.15, 0.2) is 48.7 Å². The average Bonchev–Trinajstić information content (AvgIpc) is 2.62. The van der Waals surface area contributed by atoms with E-state index in [-0.39, 0.29) is 5.91 Å². The molecule has 1 aromatic heterocycles. The number of rotatable bonds is 3. The van der Waals surface area contributed by atoms with E-state index in [1.807, 2.05) is 48.7 Å². The highest BCUT2D eigenvalue weighted by Crippen LogP contribution is 2.20. The molecule has 1 fully saturated rings. The molecule has 1 saturated heterocycles. The van der Waals surface area contributed by atoms with Gasteiger partial charge in [-0.1, -0.05) is 18.2 Å². The van der Waals surface area contributed by atoms with Crippen LogP contribution in [0.2, 0.25) is 0 Å². The van der Waals surface area contributed by atoms with Gasteiger partial charge < -0.3 is 9.80 Å². The molecule has 0 saturated carbocycles. The summed E-state index contributed by atoms with van der Waals surface area (Å²) in [7, 11) is 1.78. The number of benzene rings is 1. The number of nitrogens with zero attached hydrogens (tertiary/aromatic N) is 3. The molecule has 0 atom stereocenters. The number of amides is 1. The zero-order valence-corrected chi connectivity index (χ0v) is 12.9. The van der Waals surface area contributed by atoms with Gasteiger partial charge >= 0.3 is 0 Å². The standard InChI is InChI=1S/C18H21N3O/c1-20(15-8-4-2-5-9-15)18(22)17-11-10-16(14-19-17)21-12-6-3-7-13-21/h2,4-5,8-11,14H,3,6-7,12-13H2,1H3. The molecule has 0 bridgehead atoms. The number of piperidine rings is 1. The average molecular weight is 295 g/mol. The van der Waals surface area contributed by atoms with Gasteiger partial charge in [-0.25, -0.2) is 4.98 Å². The Kier molecular flexibility index (Phi) is 4.37. The van der Waals surface area contributed by atoms with Gasteiger partial charge in [-0.3, -0.25) is 4.79 Å². The van der Waals surface area contributed by atoms with Crippen molar-refractivity contribution in [2.75, 3.05) is 29.9 Å². The minimum Gasteiger partial charge on any atom is -0.370 e. The third-order valence-corrected chi connectivity index (χ3v) is 4.14. The molecule has 1 aromatic carbocycles. The molecule has 1 aliphatic rings. The Morgan fingerprint density at radius 2 is 1.77 bits per heavy atom. The lowest BCUT2D eigenvalue weighted by atomic mass is 10.1. The molecule has 3 rings (SSSR count). The first-order valence-corrected chi connectivity index (χ1v) is 7.80. The predicted octanol–water partition coefficient (Wildman–Crippen LogP) is 3.35. The van der Waals surface area contributed by atoms with Gasteiger partial charge in [0.05, 0.1) is 11.9 Å². The van der Waals surface area contributed by atoms with Crippen molar-refractivity contribution in [1.82, 2.24) is 4.98 Å². The summed E-state index contributed by atoms with van der Waals surface area (Å²) in [6, 6.07) is 13.4. The summed E-state index contributed by atoms with van der Waals surface area (Å²) in [5, 5.41) is 0. The Balaban J connectivity index is 1.73. The molecule has 0 N–H and O–H groups in total. The summed E-state index contributed by atoms with van der Waals surface area (Å²) >= 11 is 0. The molecular weight excluding hydrogens is 274 g/mol. The maximum Gasteiger partial charge on any atom is 0.276 e. The Labute approximate surface area is 131 Å². The number of anilines is 2. The highest BCUT2D eigenvalue weighted by Gasteiger charge is 2.16. The van der Waals surface area contributed by atoms with Crippen LogP contribution in [-0.4, -0.2) is 31.0 Å². The highest BCUT2D eigenvalue weighted by molar-refractivity contribution is 6.04. The van der Waals surface area contributed by atoms with Crippen LogP contribution in [0, 0.1) is 0 Å². The first kappa shape index (κ1) is 14.6. The number of aromatic nitrogens is 1. The second-order valence-electron chi connectivity index (χ2n) is 5.65. The molecule has 0 spiro atoms. The van der Waals surface area contributed by atoms with Gasteiger partial charge in [0.2, 0.25) is 0 Å². The predicted molar refractivity (Wildman–Crippen MR) is 89.5 cm³/mol. The van der Waals surface area contributed by atoms with E-state index in [4.69, 9.17) is 0 Å². The quantitative estimate of drug-likeness (QED) is 0.871. The SMILES string of the molecule is CN(C(=O)c1ccc(N2CCCCC2)cn1)c1ccccc1. The number of para-hydroxylation sites is 1. The number of carbonyl (C=O) groups is 1. The smallest absolute Gasteiger partial charge is 0.276 e. The van der Waals surface area contributed by atoms with Crippen LogP contribution in [0.4, 0.5) is 11.4 Å². The summed E-state index contributed by atoms with van der Waals surface area (Å²) in [5.74, 6) is -0.0867. The van der Waals surface area contributed by atoms with Crippen molar-refractivity contribution in [3.8, 4) is 0 Å². The molecule has 0 unspecified atom stereocenters. The van der Waals surface area contributed by atoms with Crippen molar-refractivity contribution in [2.24, 2.45) is 0 Å². The van der Waals surface area contributed by atoms with Gasteiger partial charge in [0.15, 0.2) is 0 Å². The van der Waals surface area contributed by atoms with E-state index in [0.29, 0.717) is 5.69 Å². The van der Waals surface area contributed by atoms with Crippen LogP contribution >= 0.6 is 0 Å². The number of hydrogen-bond donors (Lipinski definition) is 0. The maximum atomic E-state index is 12.5. The molecule has 1 amide bonds. The summed E-state index contributed by atoms with van der Waals surface area (Å²) in [6.45, 7) is 2.16. The Morgan fingerprint density at radius 1 is 1.05 bits per heavy atom. The van der Waals surface area contributed by atoms with E-state index in [9.17, 15) is 4.79 Å². The summed E-state index contributed by atoms with van der Waals surface area (Å²) in [6.07, 6.45) is 5.59. The molecule has 0 aliphatic carbocycles. The normalized spacial score (nSPS) is 14.7. The van der Waals surface area contributed by atoms with E-state index < -0.39 is 0 Å². The van der Waals surface area contributed by atoms with Crippen molar-refractivity contribution in [3.05, 3.63) is 54.4 Å². The topological polar surface area (TPSA) is 36.4 Å². The largest absolute Gasteiger partial charge is 0.370 e. The van der Waals surface area contributed by atoms with Gasteiger partial charge in [-0.05, 0) is 43.5 Å². The Hall–Kier alpha value is -2.36. The summed E-state index contributed by atoms with van der Waals surface area (Å²) < 4.78 is 0. The molecule has 4 nitrogen and oxygen atoms in total. The first-order chi connectivity index (χ1) is 10.8. The monoisotopic (exact) mass is 295 g/mol. The zero-order chi connectivity index (χ0) is 15.4. The van der Waals surface area contributed by atoms with Crippen LogP contribution in [0.1, 0.15) is 29.8 Å². The molecular formula is C18H21N3O. The second-order valence-corrected chi connectivity index (χ2v) is 5.65. The minimum atomic E-state index is -0.0867. The van der Waals surface area contributed by atoms with E-state index in [1.165, 1.54) is 19.3 Å². The third-order valence-electron chi connectivity index (χ3n) is 4.14. The van der Waals surface area contributed by atoms with Gasteiger partial charge in [-0.15, -0.1) is 0 Å². The van der Waals surface area contributed by atoms with E-state index in [1.54, 1.807) is 11.9 Å². The lowest BCUT2D eigenvalue weighted by Gasteiger charge is -2.28. The van der Waals surface area contributed by atoms with E-state index >= 15 is 0 Å². The maximum absolute atomic E-state index is 12.5. The van der Waals surface area contributed by atoms with Crippen molar-refractivity contribution in [2.45, 2.75) is 19.3 Å². The Bertz CT molecular complexity index is 619. The molecule has 2 aromatic rings. The van der Waals surface area contributed by atoms with Crippen LogP contribution in [-0.2, 0) is 0 Å². The molecule has 2 heterocycles. The lowest BCUT2D eigenvalue weighted by Crippen LogP contribution is -2.30. The fourth-order valence-corrected chi connectivity index (χ4v) is 2.79. The molecule has 4 heteroatoms. The fourth-order valence-electron chi connectivity index (χ4n) is 2.79. The number of carbonyl (C=O) groups excluding carboxylic acids is 1. The van der Waals surface area contributed by atoms with Crippen LogP contribution < -0.4 is 9.80 Å². The van der Waals surface area contributed by atoms with E-state index in [0.717, 1.165) is 24.5 Å². The highest BCUT2D eigenvalue weighted by atomic mass is 16.2. The van der Waals surface area contributed by atoms with E-state index in [2.05, 4.69) is 9.88 Å². The molecule has 0 radical (unpaired) electrons. The fraction of sp³-hybridized carbons (Fsp3) is 0.333. The third kappa shape index (κ3) is 3.11. The molecule has 1 aliphatic heterocycles. The van der Waals surface area contributed by atoms with Gasteiger partial charge in [-0.2, -0.15) is 0 Å². The van der Waals surface area contributed by atoms with Gasteiger partial charge in [0.25, 0.3) is 5.91 Å². The van der Waals surface area contributed by atoms with Crippen molar-refractivity contribution >= 4 is 17.3 Å². The number of pyridine rings is 1. The summed E-state index contributed by atoms with van der Waals surface area (Å²) in [5.41, 5.74) is 2.46. The molecule has 22 heavy (non-hydrogen) atoms. The molecule has 114 valence electrons. The van der Waals surface area contributed by atoms with Crippen LogP contribution in [0.5, 0.6) is 0 Å². The lowest BCUT2D eigenvalue weighted by molar-refractivity contribution is 0.0988. The van der Waals surface area contributed by atoms with Gasteiger partial charge in [0, 0.05) is 25.8 Å².